The number of benzene rings is 4. The first kappa shape index (κ1) is 34.4. The number of phenols is 4. The van der Waals surface area contributed by atoms with Gasteiger partial charge in [-0.3, -0.25) is 0 Å². The molecular formula is C35H40O12. The van der Waals surface area contributed by atoms with Crippen LogP contribution in [0.5, 0.6) is 69.0 Å². The summed E-state index contributed by atoms with van der Waals surface area (Å²) in [5.74, 6) is -0.290. The highest BCUT2D eigenvalue weighted by Crippen LogP contribution is 2.50. The van der Waals surface area contributed by atoms with Crippen molar-refractivity contribution in [2.45, 2.75) is 18.3 Å². The SMILES string of the molecule is COc1cc(C(CC(c2cc(OC)c(O)c(OC)c2)c2cc(OC)c(O)c(OC)c2)c2cc(OC)c(O)c(OC)c2)cc(OC)c1O. The van der Waals surface area contributed by atoms with E-state index in [1.807, 2.05) is 0 Å². The van der Waals surface area contributed by atoms with Crippen LogP contribution in [-0.4, -0.2) is 77.3 Å². The molecule has 4 aromatic rings. The first-order chi connectivity index (χ1) is 22.6. The van der Waals surface area contributed by atoms with E-state index in [0.717, 1.165) is 0 Å². The van der Waals surface area contributed by atoms with Crippen LogP contribution < -0.4 is 37.9 Å². The molecule has 4 rings (SSSR count). The summed E-state index contributed by atoms with van der Waals surface area (Å²) >= 11 is 0. The normalized spacial score (nSPS) is 10.9. The predicted octanol–water partition coefficient (Wildman–Crippen LogP) is 5.93. The molecule has 0 saturated carbocycles. The Labute approximate surface area is 273 Å². The fourth-order valence-electron chi connectivity index (χ4n) is 5.62. The van der Waals surface area contributed by atoms with Crippen molar-refractivity contribution in [1.29, 1.82) is 0 Å². The van der Waals surface area contributed by atoms with Crippen LogP contribution in [-0.2, 0) is 0 Å². The first-order valence-corrected chi connectivity index (χ1v) is 14.4. The molecule has 0 bridgehead atoms. The van der Waals surface area contributed by atoms with Crippen LogP contribution in [0.4, 0.5) is 0 Å². The summed E-state index contributed by atoms with van der Waals surface area (Å²) in [4.78, 5) is 0. The average Bonchev–Trinajstić information content (AvgIpc) is 3.09. The summed E-state index contributed by atoms with van der Waals surface area (Å²) in [7, 11) is 11.5. The lowest BCUT2D eigenvalue weighted by Crippen LogP contribution is -2.12. The maximum atomic E-state index is 10.8. The molecule has 0 radical (unpaired) electrons. The highest BCUT2D eigenvalue weighted by Gasteiger charge is 2.30. The molecule has 252 valence electrons. The van der Waals surface area contributed by atoms with Gasteiger partial charge in [-0.05, 0) is 77.2 Å². The van der Waals surface area contributed by atoms with Gasteiger partial charge in [-0.15, -0.1) is 0 Å². The molecule has 0 saturated heterocycles. The highest BCUT2D eigenvalue weighted by atomic mass is 16.5. The Morgan fingerprint density at radius 3 is 0.617 bits per heavy atom. The Bertz CT molecular complexity index is 1370. The van der Waals surface area contributed by atoms with Gasteiger partial charge >= 0.3 is 0 Å². The zero-order valence-electron chi connectivity index (χ0n) is 27.5. The molecule has 0 fully saturated rings. The third-order valence-corrected chi connectivity index (χ3v) is 8.09. The van der Waals surface area contributed by atoms with E-state index in [4.69, 9.17) is 37.9 Å². The molecular weight excluding hydrogens is 612 g/mol. The number of ether oxygens (including phenoxy) is 8. The Balaban J connectivity index is 2.09. The minimum Gasteiger partial charge on any atom is -0.502 e. The van der Waals surface area contributed by atoms with Gasteiger partial charge in [-0.1, -0.05) is 0 Å². The van der Waals surface area contributed by atoms with Gasteiger partial charge in [0.25, 0.3) is 0 Å². The van der Waals surface area contributed by atoms with E-state index in [2.05, 4.69) is 0 Å². The van der Waals surface area contributed by atoms with Crippen molar-refractivity contribution in [3.63, 3.8) is 0 Å². The van der Waals surface area contributed by atoms with E-state index in [1.165, 1.54) is 56.9 Å². The third-order valence-electron chi connectivity index (χ3n) is 8.09. The van der Waals surface area contributed by atoms with E-state index in [1.54, 1.807) is 48.5 Å². The van der Waals surface area contributed by atoms with E-state index < -0.39 is 11.8 Å². The van der Waals surface area contributed by atoms with Gasteiger partial charge in [-0.25, -0.2) is 0 Å². The van der Waals surface area contributed by atoms with Crippen molar-refractivity contribution in [2.24, 2.45) is 0 Å². The van der Waals surface area contributed by atoms with Crippen molar-refractivity contribution >= 4 is 0 Å². The molecule has 0 aliphatic rings. The lowest BCUT2D eigenvalue weighted by Gasteiger charge is -2.28. The van der Waals surface area contributed by atoms with Crippen LogP contribution in [0.3, 0.4) is 0 Å². The van der Waals surface area contributed by atoms with E-state index >= 15 is 0 Å². The molecule has 0 heterocycles. The van der Waals surface area contributed by atoms with E-state index in [9.17, 15) is 20.4 Å². The van der Waals surface area contributed by atoms with Gasteiger partial charge in [0, 0.05) is 11.8 Å². The Kier molecular flexibility index (Phi) is 10.8. The maximum Gasteiger partial charge on any atom is 0.200 e. The van der Waals surface area contributed by atoms with Crippen LogP contribution in [0.25, 0.3) is 0 Å². The van der Waals surface area contributed by atoms with Crippen LogP contribution in [0.2, 0.25) is 0 Å². The standard InChI is InChI=1S/C35H40O12/c1-40-24-9-18(10-25(41-2)32(24)36)22(19-11-26(42-3)33(37)27(12-19)43-4)17-23(20-13-28(44-5)34(38)29(14-20)45-6)21-15-30(46-7)35(39)31(16-21)47-8/h9-16,22-23,36-39H,17H2,1-8H3. The second kappa shape index (κ2) is 14.7. The zero-order valence-corrected chi connectivity index (χ0v) is 27.5. The number of hydrogen-bond acceptors (Lipinski definition) is 12. The molecule has 4 N–H and O–H groups in total. The van der Waals surface area contributed by atoms with Gasteiger partial charge in [-0.2, -0.15) is 0 Å². The lowest BCUT2D eigenvalue weighted by molar-refractivity contribution is 0.336. The summed E-state index contributed by atoms with van der Waals surface area (Å²) in [6, 6.07) is 13.6. The molecule has 0 spiro atoms. The van der Waals surface area contributed by atoms with Gasteiger partial charge in [0.1, 0.15) is 0 Å². The highest BCUT2D eigenvalue weighted by molar-refractivity contribution is 5.61. The van der Waals surface area contributed by atoms with Crippen molar-refractivity contribution in [3.05, 3.63) is 70.8 Å². The van der Waals surface area contributed by atoms with Gasteiger partial charge in [0.05, 0.1) is 56.9 Å². The lowest BCUT2D eigenvalue weighted by atomic mass is 9.77. The summed E-state index contributed by atoms with van der Waals surface area (Å²) in [5.41, 5.74) is 2.69. The Hall–Kier alpha value is -5.52. The minimum absolute atomic E-state index is 0.170. The molecule has 4 aromatic carbocycles. The number of hydrogen-bond donors (Lipinski definition) is 4. The number of rotatable bonds is 14. The zero-order chi connectivity index (χ0) is 34.4. The Morgan fingerprint density at radius 1 is 0.340 bits per heavy atom. The van der Waals surface area contributed by atoms with Gasteiger partial charge in [0.2, 0.25) is 23.0 Å². The molecule has 0 amide bonds. The molecule has 12 nitrogen and oxygen atoms in total. The molecule has 0 unspecified atom stereocenters. The second-order valence-electron chi connectivity index (χ2n) is 10.4. The van der Waals surface area contributed by atoms with Gasteiger partial charge in [0.15, 0.2) is 46.0 Å². The van der Waals surface area contributed by atoms with Crippen molar-refractivity contribution < 1.29 is 58.3 Å². The Morgan fingerprint density at radius 2 is 0.489 bits per heavy atom. The van der Waals surface area contributed by atoms with Crippen molar-refractivity contribution in [1.82, 2.24) is 0 Å². The van der Waals surface area contributed by atoms with Crippen LogP contribution >= 0.6 is 0 Å². The third kappa shape index (κ3) is 6.71. The van der Waals surface area contributed by atoms with Crippen molar-refractivity contribution in [2.75, 3.05) is 56.9 Å². The average molecular weight is 653 g/mol. The molecule has 12 heteroatoms. The quantitative estimate of drug-likeness (QED) is 0.128. The summed E-state index contributed by atoms with van der Waals surface area (Å²) in [5, 5.41) is 43.0. The van der Waals surface area contributed by atoms with Crippen LogP contribution in [0.15, 0.2) is 48.5 Å². The topological polar surface area (TPSA) is 155 Å². The largest absolute Gasteiger partial charge is 0.502 e. The number of aromatic hydroxyl groups is 4. The second-order valence-corrected chi connectivity index (χ2v) is 10.4. The molecule has 0 aliphatic heterocycles. The minimum atomic E-state index is -0.525. The van der Waals surface area contributed by atoms with E-state index in [-0.39, 0.29) is 69.0 Å². The molecule has 0 aliphatic carbocycles. The molecule has 0 aromatic heterocycles. The van der Waals surface area contributed by atoms with E-state index in [0.29, 0.717) is 28.7 Å². The monoisotopic (exact) mass is 652 g/mol. The smallest absolute Gasteiger partial charge is 0.200 e. The summed E-state index contributed by atoms with van der Waals surface area (Å²) < 4.78 is 44.0. The first-order valence-electron chi connectivity index (χ1n) is 14.4. The predicted molar refractivity (Wildman–Crippen MR) is 173 cm³/mol. The maximum absolute atomic E-state index is 10.8. The molecule has 0 atom stereocenters. The van der Waals surface area contributed by atoms with Crippen LogP contribution in [0, 0.1) is 0 Å². The van der Waals surface area contributed by atoms with Crippen molar-refractivity contribution in [3.8, 4) is 69.0 Å². The molecule has 47 heavy (non-hydrogen) atoms. The number of methoxy groups -OCH3 is 8. The van der Waals surface area contributed by atoms with Gasteiger partial charge < -0.3 is 58.3 Å². The summed E-state index contributed by atoms with van der Waals surface area (Å²) in [6.07, 6.45) is 0.294. The summed E-state index contributed by atoms with van der Waals surface area (Å²) in [6.45, 7) is 0. The number of phenolic OH excluding ortho intramolecular Hbond substituents is 4. The fraction of sp³-hybridized carbons (Fsp3) is 0.314. The fourth-order valence-corrected chi connectivity index (χ4v) is 5.62. The van der Waals surface area contributed by atoms with Crippen LogP contribution in [0.1, 0.15) is 40.5 Å².